The lowest BCUT2D eigenvalue weighted by atomic mass is 9.80. The molecule has 18 heavy (non-hydrogen) atoms. The molecule has 1 aromatic rings. The summed E-state index contributed by atoms with van der Waals surface area (Å²) in [7, 11) is 0. The molecule has 1 amide bonds. The third-order valence-corrected chi connectivity index (χ3v) is 1.93. The van der Waals surface area contributed by atoms with E-state index >= 15 is 0 Å². The van der Waals surface area contributed by atoms with E-state index in [0.29, 0.717) is 0 Å². The number of ether oxygens (including phenoxy) is 1. The molecular formula is C11H14BF3NO2-. The number of amides is 1. The average molecular weight is 260 g/mol. The van der Waals surface area contributed by atoms with E-state index in [2.05, 4.69) is 5.32 Å². The summed E-state index contributed by atoms with van der Waals surface area (Å²) in [6.45, 7) is 0.0771. The molecule has 0 saturated heterocycles. The number of halogens is 3. The summed E-state index contributed by atoms with van der Waals surface area (Å²) in [5.74, 6) is 0. The van der Waals surface area contributed by atoms with Crippen LogP contribution < -0.4 is 10.8 Å². The average Bonchev–Trinajstić information content (AvgIpc) is 2.13. The number of carbonyl (C=O) groups excluding carboxylic acids is 1. The van der Waals surface area contributed by atoms with E-state index in [0.717, 1.165) is 12.1 Å². The minimum Gasteiger partial charge on any atom is -0.445 e. The summed E-state index contributed by atoms with van der Waals surface area (Å²) in [4.78, 5) is 11.4. The number of rotatable bonds is 2. The maximum Gasteiger partial charge on any atom is 0.509 e. The zero-order chi connectivity index (χ0) is 14.0. The topological polar surface area (TPSA) is 38.3 Å². The van der Waals surface area contributed by atoms with Gasteiger partial charge in [0, 0.05) is 5.69 Å². The second-order valence-corrected chi connectivity index (χ2v) is 4.82. The summed E-state index contributed by atoms with van der Waals surface area (Å²) in [6.07, 6.45) is -0.701. The molecule has 0 heterocycles. The Kier molecular flexibility index (Phi) is 3.93. The second-order valence-electron chi connectivity index (χ2n) is 4.82. The van der Waals surface area contributed by atoms with Crippen LogP contribution in [0.4, 0.5) is 23.4 Å². The van der Waals surface area contributed by atoms with Gasteiger partial charge in [-0.05, 0) is 32.9 Å². The van der Waals surface area contributed by atoms with Crippen LogP contribution in [0.1, 0.15) is 20.8 Å². The molecule has 0 radical (unpaired) electrons. The van der Waals surface area contributed by atoms with Gasteiger partial charge in [0.15, 0.2) is 0 Å². The predicted octanol–water partition coefficient (Wildman–Crippen LogP) is 3.09. The summed E-state index contributed by atoms with van der Waals surface area (Å²) < 4.78 is 42.0. The minimum atomic E-state index is -5.01. The Bertz CT molecular complexity index is 423. The zero-order valence-electron chi connectivity index (χ0n) is 10.3. The number of hydrogen-bond donors (Lipinski definition) is 1. The monoisotopic (exact) mass is 260 g/mol. The van der Waals surface area contributed by atoms with E-state index in [1.54, 1.807) is 20.8 Å². The molecule has 0 aromatic heterocycles. The van der Waals surface area contributed by atoms with E-state index in [1.165, 1.54) is 12.1 Å². The Balaban J connectivity index is 2.67. The van der Waals surface area contributed by atoms with Crippen LogP contribution in [0.15, 0.2) is 24.3 Å². The van der Waals surface area contributed by atoms with Crippen molar-refractivity contribution in [2.45, 2.75) is 26.4 Å². The van der Waals surface area contributed by atoms with Gasteiger partial charge in [-0.1, -0.05) is 12.1 Å². The number of nitrogens with one attached hydrogen (secondary N) is 1. The molecule has 0 spiro atoms. The maximum absolute atomic E-state index is 12.4. The van der Waals surface area contributed by atoms with Crippen molar-refractivity contribution < 1.29 is 22.5 Å². The van der Waals surface area contributed by atoms with E-state index < -0.39 is 24.1 Å². The van der Waals surface area contributed by atoms with Crippen molar-refractivity contribution in [3.63, 3.8) is 0 Å². The lowest BCUT2D eigenvalue weighted by molar-refractivity contribution is 0.0636. The van der Waals surface area contributed by atoms with Gasteiger partial charge in [-0.3, -0.25) is 5.32 Å². The van der Waals surface area contributed by atoms with Crippen molar-refractivity contribution in [2.24, 2.45) is 0 Å². The minimum absolute atomic E-state index is 0.257. The van der Waals surface area contributed by atoms with Crippen LogP contribution in [0.25, 0.3) is 0 Å². The van der Waals surface area contributed by atoms with Gasteiger partial charge in [0.25, 0.3) is 0 Å². The Hall–Kier alpha value is -1.66. The Morgan fingerprint density at radius 1 is 1.17 bits per heavy atom. The molecule has 1 rings (SSSR count). The van der Waals surface area contributed by atoms with E-state index in [-0.39, 0.29) is 5.69 Å². The fraction of sp³-hybridized carbons (Fsp3) is 0.364. The van der Waals surface area contributed by atoms with Crippen LogP contribution in [0.2, 0.25) is 0 Å². The summed E-state index contributed by atoms with van der Waals surface area (Å²) in [5.41, 5.74) is -1.10. The zero-order valence-corrected chi connectivity index (χ0v) is 10.3. The van der Waals surface area contributed by atoms with Crippen molar-refractivity contribution in [1.29, 1.82) is 0 Å². The molecule has 7 heteroatoms. The van der Waals surface area contributed by atoms with Crippen LogP contribution in [0.5, 0.6) is 0 Å². The van der Waals surface area contributed by atoms with Gasteiger partial charge in [-0.2, -0.15) is 0 Å². The van der Waals surface area contributed by atoms with Gasteiger partial charge in [0.1, 0.15) is 5.60 Å². The van der Waals surface area contributed by atoms with Crippen LogP contribution in [-0.4, -0.2) is 18.7 Å². The molecule has 0 aliphatic carbocycles. The predicted molar refractivity (Wildman–Crippen MR) is 65.0 cm³/mol. The van der Waals surface area contributed by atoms with Crippen molar-refractivity contribution in [3.05, 3.63) is 24.3 Å². The Morgan fingerprint density at radius 2 is 1.67 bits per heavy atom. The SMILES string of the molecule is CC(C)(C)OC(=O)Nc1ccc([B-](F)(F)F)cc1. The molecule has 3 nitrogen and oxygen atoms in total. The van der Waals surface area contributed by atoms with Gasteiger partial charge in [-0.25, -0.2) is 4.79 Å². The third kappa shape index (κ3) is 4.69. The lowest BCUT2D eigenvalue weighted by Gasteiger charge is -2.20. The molecule has 0 bridgehead atoms. The maximum atomic E-state index is 12.4. The summed E-state index contributed by atoms with van der Waals surface area (Å²) in [5, 5.41) is 2.36. The highest BCUT2D eigenvalue weighted by molar-refractivity contribution is 6.73. The fourth-order valence-corrected chi connectivity index (χ4v) is 1.21. The van der Waals surface area contributed by atoms with Crippen molar-refractivity contribution in [2.75, 3.05) is 5.32 Å². The first-order chi connectivity index (χ1) is 8.08. The highest BCUT2D eigenvalue weighted by atomic mass is 19.4. The van der Waals surface area contributed by atoms with E-state index in [4.69, 9.17) is 4.74 Å². The Morgan fingerprint density at radius 3 is 2.06 bits per heavy atom. The first-order valence-electron chi connectivity index (χ1n) is 5.38. The van der Waals surface area contributed by atoms with Gasteiger partial charge in [0.2, 0.25) is 0 Å². The number of benzene rings is 1. The summed E-state index contributed by atoms with van der Waals surface area (Å²) >= 11 is 0. The first kappa shape index (κ1) is 14.4. The largest absolute Gasteiger partial charge is 0.509 e. The highest BCUT2D eigenvalue weighted by Crippen LogP contribution is 2.13. The van der Waals surface area contributed by atoms with Gasteiger partial charge in [-0.15, -0.1) is 5.46 Å². The molecule has 0 atom stereocenters. The number of hydrogen-bond acceptors (Lipinski definition) is 2. The van der Waals surface area contributed by atoms with Crippen molar-refractivity contribution >= 4 is 24.2 Å². The third-order valence-electron chi connectivity index (χ3n) is 1.93. The fourth-order valence-electron chi connectivity index (χ4n) is 1.21. The van der Waals surface area contributed by atoms with Gasteiger partial charge >= 0.3 is 13.1 Å². The number of carbonyl (C=O) groups is 1. The molecule has 100 valence electrons. The molecule has 0 aliphatic rings. The van der Waals surface area contributed by atoms with Crippen molar-refractivity contribution in [1.82, 2.24) is 0 Å². The molecule has 0 saturated carbocycles. The van der Waals surface area contributed by atoms with E-state index in [1.807, 2.05) is 0 Å². The van der Waals surface area contributed by atoms with Crippen LogP contribution >= 0.6 is 0 Å². The molecule has 1 N–H and O–H groups in total. The van der Waals surface area contributed by atoms with Crippen LogP contribution in [0, 0.1) is 0 Å². The standard InChI is InChI=1S/C11H14BF3NO2/c1-11(2,3)18-10(17)16-9-6-4-8(5-7-9)12(13,14)15/h4-7H,1-3H3,(H,16,17)/q-1. The molecule has 0 aliphatic heterocycles. The normalized spacial score (nSPS) is 12.1. The Labute approximate surface area is 103 Å². The molecule has 1 aromatic carbocycles. The van der Waals surface area contributed by atoms with Gasteiger partial charge in [0.05, 0.1) is 0 Å². The first-order valence-corrected chi connectivity index (χ1v) is 5.38. The quantitative estimate of drug-likeness (QED) is 0.830. The molecule has 0 fully saturated rings. The highest BCUT2D eigenvalue weighted by Gasteiger charge is 2.25. The smallest absolute Gasteiger partial charge is 0.445 e. The second kappa shape index (κ2) is 4.92. The molecular weight excluding hydrogens is 246 g/mol. The number of anilines is 1. The van der Waals surface area contributed by atoms with Crippen molar-refractivity contribution in [3.8, 4) is 0 Å². The van der Waals surface area contributed by atoms with Crippen LogP contribution in [0.3, 0.4) is 0 Å². The van der Waals surface area contributed by atoms with E-state index in [9.17, 15) is 17.7 Å². The van der Waals surface area contributed by atoms with Gasteiger partial charge < -0.3 is 17.7 Å². The lowest BCUT2D eigenvalue weighted by Crippen LogP contribution is -2.33. The van der Waals surface area contributed by atoms with Crippen LogP contribution in [-0.2, 0) is 4.74 Å². The summed E-state index contributed by atoms with van der Waals surface area (Å²) in [6, 6.07) is 4.22. The molecule has 0 unspecified atom stereocenters.